The van der Waals surface area contributed by atoms with Crippen molar-refractivity contribution < 1.29 is 9.59 Å². The first kappa shape index (κ1) is 12.6. The Morgan fingerprint density at radius 3 is 2.75 bits per heavy atom. The van der Waals surface area contributed by atoms with Gasteiger partial charge in [0, 0.05) is 0 Å². The third-order valence-corrected chi connectivity index (χ3v) is 2.98. The van der Waals surface area contributed by atoms with Crippen molar-refractivity contribution in [1.29, 1.82) is 0 Å². The Morgan fingerprint density at radius 1 is 1.62 bits per heavy atom. The van der Waals surface area contributed by atoms with Crippen LogP contribution in [-0.2, 0) is 4.79 Å². The number of primary amides is 1. The van der Waals surface area contributed by atoms with Crippen LogP contribution in [0, 0.1) is 6.92 Å². The predicted octanol–water partition coefficient (Wildman–Crippen LogP) is 0.835. The van der Waals surface area contributed by atoms with E-state index in [2.05, 4.69) is 10.3 Å². The number of hydrogen-bond acceptors (Lipinski definition) is 4. The van der Waals surface area contributed by atoms with Gasteiger partial charge >= 0.3 is 0 Å². The molecule has 0 aliphatic heterocycles. The molecule has 0 saturated heterocycles. The minimum atomic E-state index is -0.597. The zero-order valence-electron chi connectivity index (χ0n) is 9.32. The molecule has 3 N–H and O–H groups in total. The van der Waals surface area contributed by atoms with Gasteiger partial charge in [0.2, 0.25) is 5.91 Å². The normalized spacial score (nSPS) is 12.1. The fourth-order valence-corrected chi connectivity index (χ4v) is 1.95. The van der Waals surface area contributed by atoms with Crippen molar-refractivity contribution in [3.63, 3.8) is 0 Å². The summed E-state index contributed by atoms with van der Waals surface area (Å²) in [5.74, 6) is -0.792. The highest BCUT2D eigenvalue weighted by Gasteiger charge is 2.18. The Bertz CT molecular complexity index is 389. The van der Waals surface area contributed by atoms with E-state index in [4.69, 9.17) is 5.73 Å². The number of amides is 2. The maximum atomic E-state index is 11.7. The van der Waals surface area contributed by atoms with Crippen LogP contribution in [0.1, 0.15) is 34.4 Å². The molecule has 1 heterocycles. The van der Waals surface area contributed by atoms with Crippen molar-refractivity contribution in [2.75, 3.05) is 0 Å². The van der Waals surface area contributed by atoms with Gasteiger partial charge in [-0.05, 0) is 13.3 Å². The molecule has 0 bridgehead atoms. The number of nitrogens with one attached hydrogen (secondary N) is 1. The molecular formula is C10H15N3O2S. The summed E-state index contributed by atoms with van der Waals surface area (Å²) in [6, 6.07) is -0.597. The number of nitrogens with two attached hydrogens (primary N) is 1. The van der Waals surface area contributed by atoms with Crippen LogP contribution < -0.4 is 11.1 Å². The molecule has 0 aliphatic carbocycles. The second-order valence-electron chi connectivity index (χ2n) is 3.46. The van der Waals surface area contributed by atoms with Crippen molar-refractivity contribution >= 4 is 23.2 Å². The monoisotopic (exact) mass is 241 g/mol. The largest absolute Gasteiger partial charge is 0.368 e. The first-order valence-corrected chi connectivity index (χ1v) is 5.88. The summed E-state index contributed by atoms with van der Waals surface area (Å²) in [5.41, 5.74) is 5.19. The van der Waals surface area contributed by atoms with E-state index in [-0.39, 0.29) is 5.91 Å². The summed E-state index contributed by atoms with van der Waals surface area (Å²) in [6.07, 6.45) is 2.84. The zero-order valence-corrected chi connectivity index (χ0v) is 10.1. The summed E-state index contributed by atoms with van der Waals surface area (Å²) in [4.78, 5) is 27.2. The Kier molecular flexibility index (Phi) is 4.42. The molecule has 0 radical (unpaired) electrons. The van der Waals surface area contributed by atoms with E-state index in [1.165, 1.54) is 17.5 Å². The summed E-state index contributed by atoms with van der Waals surface area (Å²) in [5, 5.41) is 3.42. The lowest BCUT2D eigenvalue weighted by molar-refractivity contribution is -0.120. The molecule has 16 heavy (non-hydrogen) atoms. The van der Waals surface area contributed by atoms with E-state index in [0.29, 0.717) is 11.3 Å². The molecular weight excluding hydrogens is 226 g/mol. The topological polar surface area (TPSA) is 85.1 Å². The van der Waals surface area contributed by atoms with Gasteiger partial charge in [-0.3, -0.25) is 9.59 Å². The molecule has 6 heteroatoms. The molecule has 0 aliphatic rings. The predicted molar refractivity (Wildman–Crippen MR) is 62.2 cm³/mol. The number of carbonyl (C=O) groups is 2. The van der Waals surface area contributed by atoms with Gasteiger partial charge < -0.3 is 11.1 Å². The molecule has 1 aromatic heterocycles. The van der Waals surface area contributed by atoms with Crippen LogP contribution in [0.4, 0.5) is 0 Å². The van der Waals surface area contributed by atoms with E-state index < -0.39 is 11.9 Å². The third-order valence-electron chi connectivity index (χ3n) is 2.07. The summed E-state index contributed by atoms with van der Waals surface area (Å²) < 4.78 is 0. The van der Waals surface area contributed by atoms with Gasteiger partial charge in [-0.2, -0.15) is 0 Å². The van der Waals surface area contributed by atoms with Gasteiger partial charge in [-0.1, -0.05) is 13.3 Å². The average Bonchev–Trinajstić information content (AvgIpc) is 2.64. The number of thiazole rings is 1. The first-order valence-electron chi connectivity index (χ1n) is 5.07. The molecule has 1 aromatic rings. The maximum Gasteiger partial charge on any atom is 0.263 e. The maximum absolute atomic E-state index is 11.7. The lowest BCUT2D eigenvalue weighted by atomic mass is 10.1. The van der Waals surface area contributed by atoms with Gasteiger partial charge in [-0.15, -0.1) is 11.3 Å². The fraction of sp³-hybridized carbons (Fsp3) is 0.500. The van der Waals surface area contributed by atoms with Crippen molar-refractivity contribution in [3.05, 3.63) is 16.1 Å². The molecule has 0 spiro atoms. The number of aryl methyl sites for hydroxylation is 1. The lowest BCUT2D eigenvalue weighted by Crippen LogP contribution is -2.44. The number of nitrogens with zero attached hydrogens (tertiary/aromatic N) is 1. The van der Waals surface area contributed by atoms with Crippen molar-refractivity contribution in [1.82, 2.24) is 10.3 Å². The molecule has 0 fully saturated rings. The third kappa shape index (κ3) is 3.30. The number of aromatic nitrogens is 1. The highest BCUT2D eigenvalue weighted by Crippen LogP contribution is 2.11. The highest BCUT2D eigenvalue weighted by molar-refractivity contribution is 7.13. The number of carbonyl (C=O) groups excluding carboxylic acids is 2. The van der Waals surface area contributed by atoms with Gasteiger partial charge in [0.25, 0.3) is 5.91 Å². The van der Waals surface area contributed by atoms with E-state index in [1.807, 2.05) is 13.8 Å². The van der Waals surface area contributed by atoms with Crippen LogP contribution in [0.15, 0.2) is 6.20 Å². The molecule has 88 valence electrons. The van der Waals surface area contributed by atoms with Gasteiger partial charge in [0.1, 0.15) is 10.9 Å². The van der Waals surface area contributed by atoms with Crippen molar-refractivity contribution in [2.24, 2.45) is 5.73 Å². The number of rotatable bonds is 5. The zero-order chi connectivity index (χ0) is 12.1. The smallest absolute Gasteiger partial charge is 0.263 e. The fourth-order valence-electron chi connectivity index (χ4n) is 1.27. The summed E-state index contributed by atoms with van der Waals surface area (Å²) in [6.45, 7) is 3.75. The van der Waals surface area contributed by atoms with Crippen LogP contribution in [-0.4, -0.2) is 22.8 Å². The van der Waals surface area contributed by atoms with Crippen LogP contribution in [0.5, 0.6) is 0 Å². The van der Waals surface area contributed by atoms with Gasteiger partial charge in [0.15, 0.2) is 0 Å². The van der Waals surface area contributed by atoms with Gasteiger partial charge in [0.05, 0.1) is 11.2 Å². The highest BCUT2D eigenvalue weighted by atomic mass is 32.1. The minimum absolute atomic E-state index is 0.289. The van der Waals surface area contributed by atoms with E-state index in [1.54, 1.807) is 0 Å². The van der Waals surface area contributed by atoms with Crippen LogP contribution in [0.3, 0.4) is 0 Å². The molecule has 2 amide bonds. The minimum Gasteiger partial charge on any atom is -0.368 e. The SMILES string of the molecule is CCC[C@H](NC(=O)c1cnc(C)s1)C(N)=O. The number of hydrogen-bond donors (Lipinski definition) is 2. The van der Waals surface area contributed by atoms with E-state index in [9.17, 15) is 9.59 Å². The molecule has 1 rings (SSSR count). The quantitative estimate of drug-likeness (QED) is 0.801. The van der Waals surface area contributed by atoms with Crippen molar-refractivity contribution in [3.8, 4) is 0 Å². The Labute approximate surface area is 98.1 Å². The standard InChI is InChI=1S/C10H15N3O2S/c1-3-4-7(9(11)14)13-10(15)8-5-12-6(2)16-8/h5,7H,3-4H2,1-2H3,(H2,11,14)(H,13,15)/t7-/m0/s1. The van der Waals surface area contributed by atoms with E-state index in [0.717, 1.165) is 11.4 Å². The molecule has 0 aromatic carbocycles. The molecule has 5 nitrogen and oxygen atoms in total. The lowest BCUT2D eigenvalue weighted by Gasteiger charge is -2.13. The molecule has 0 saturated carbocycles. The molecule has 0 unspecified atom stereocenters. The van der Waals surface area contributed by atoms with E-state index >= 15 is 0 Å². The second kappa shape index (κ2) is 5.60. The summed E-state index contributed by atoms with van der Waals surface area (Å²) in [7, 11) is 0. The Hall–Kier alpha value is -1.43. The van der Waals surface area contributed by atoms with Crippen LogP contribution >= 0.6 is 11.3 Å². The van der Waals surface area contributed by atoms with Crippen LogP contribution in [0.2, 0.25) is 0 Å². The summed E-state index contributed by atoms with van der Waals surface area (Å²) >= 11 is 1.29. The van der Waals surface area contributed by atoms with Crippen LogP contribution in [0.25, 0.3) is 0 Å². The molecule has 1 atom stereocenters. The Balaban J connectivity index is 2.65. The first-order chi connectivity index (χ1) is 7.54. The van der Waals surface area contributed by atoms with Gasteiger partial charge in [-0.25, -0.2) is 4.98 Å². The van der Waals surface area contributed by atoms with Crippen molar-refractivity contribution in [2.45, 2.75) is 32.7 Å². The Morgan fingerprint density at radius 2 is 2.31 bits per heavy atom. The average molecular weight is 241 g/mol. The second-order valence-corrected chi connectivity index (χ2v) is 4.70.